The summed E-state index contributed by atoms with van der Waals surface area (Å²) in [6.07, 6.45) is -0.370. The molecule has 3 aromatic carbocycles. The van der Waals surface area contributed by atoms with Crippen LogP contribution in [-0.2, 0) is 25.9 Å². The molecule has 0 saturated carbocycles. The molecule has 0 fully saturated rings. The number of aliphatic hydroxyl groups excluding tert-OH is 1. The minimum absolute atomic E-state index is 0.0348. The maximum atomic E-state index is 13.7. The van der Waals surface area contributed by atoms with Crippen LogP contribution in [0.4, 0.5) is 0 Å². The summed E-state index contributed by atoms with van der Waals surface area (Å²) in [5.74, 6) is -0.0268. The van der Waals surface area contributed by atoms with E-state index in [2.05, 4.69) is 15.8 Å². The lowest BCUT2D eigenvalue weighted by molar-refractivity contribution is -0.129. The SMILES string of the molecule is C[C@@H]1OC(c2ccc(OCCCO)cc2)=N[C@]1(CCS(=O)(=O)c1ccccc1)C(=O)NNCc1ccc(Cl)c(Cl)c1. The van der Waals surface area contributed by atoms with Crippen LogP contribution >= 0.6 is 23.2 Å². The Balaban J connectivity index is 1.56. The Kier molecular flexibility index (Phi) is 10.3. The Morgan fingerprint density at radius 3 is 2.49 bits per heavy atom. The second-order valence-corrected chi connectivity index (χ2v) is 12.4. The van der Waals surface area contributed by atoms with Crippen LogP contribution in [0, 0.1) is 0 Å². The van der Waals surface area contributed by atoms with Gasteiger partial charge in [-0.15, -0.1) is 0 Å². The highest BCUT2D eigenvalue weighted by molar-refractivity contribution is 7.91. The summed E-state index contributed by atoms with van der Waals surface area (Å²) < 4.78 is 37.9. The molecule has 4 rings (SSSR count). The molecule has 3 aromatic rings. The number of rotatable bonds is 13. The lowest BCUT2D eigenvalue weighted by atomic mass is 9.90. The molecule has 0 spiro atoms. The van der Waals surface area contributed by atoms with E-state index in [-0.39, 0.29) is 36.1 Å². The minimum Gasteiger partial charge on any atom is -0.494 e. The van der Waals surface area contributed by atoms with Gasteiger partial charge >= 0.3 is 0 Å². The number of carbonyl (C=O) groups excluding carboxylic acids is 1. The first kappa shape index (κ1) is 30.8. The molecule has 0 aromatic heterocycles. The van der Waals surface area contributed by atoms with Gasteiger partial charge in [0.15, 0.2) is 15.4 Å². The zero-order valence-corrected chi connectivity index (χ0v) is 24.7. The van der Waals surface area contributed by atoms with Gasteiger partial charge in [-0.2, -0.15) is 0 Å². The molecule has 2 atom stereocenters. The first-order chi connectivity index (χ1) is 19.6. The molecule has 0 aliphatic carbocycles. The number of carbonyl (C=O) groups is 1. The van der Waals surface area contributed by atoms with Crippen molar-refractivity contribution < 1.29 is 27.8 Å². The van der Waals surface area contributed by atoms with E-state index in [1.807, 2.05) is 0 Å². The van der Waals surface area contributed by atoms with Crippen molar-refractivity contribution in [1.82, 2.24) is 10.9 Å². The molecule has 0 radical (unpaired) electrons. The van der Waals surface area contributed by atoms with E-state index in [9.17, 15) is 13.2 Å². The lowest BCUT2D eigenvalue weighted by Crippen LogP contribution is -2.55. The summed E-state index contributed by atoms with van der Waals surface area (Å²) in [4.78, 5) is 18.5. The number of benzene rings is 3. The number of aliphatic hydroxyl groups is 1. The van der Waals surface area contributed by atoms with E-state index >= 15 is 0 Å². The van der Waals surface area contributed by atoms with Gasteiger partial charge in [0.2, 0.25) is 5.90 Å². The van der Waals surface area contributed by atoms with Crippen LogP contribution in [0.1, 0.15) is 30.9 Å². The number of aliphatic imine (C=N–C) groups is 1. The maximum Gasteiger partial charge on any atom is 0.266 e. The molecule has 41 heavy (non-hydrogen) atoms. The fraction of sp³-hybridized carbons (Fsp3) is 0.310. The van der Waals surface area contributed by atoms with Crippen LogP contribution in [0.25, 0.3) is 0 Å². The number of nitrogens with one attached hydrogen (secondary N) is 2. The van der Waals surface area contributed by atoms with E-state index < -0.39 is 27.4 Å². The Bertz CT molecular complexity index is 1490. The predicted molar refractivity (Wildman–Crippen MR) is 158 cm³/mol. The molecule has 218 valence electrons. The van der Waals surface area contributed by atoms with Crippen molar-refractivity contribution in [3.8, 4) is 5.75 Å². The van der Waals surface area contributed by atoms with Crippen molar-refractivity contribution in [1.29, 1.82) is 0 Å². The average molecular weight is 621 g/mol. The number of hydrazine groups is 1. The molecular formula is C29H31Cl2N3O6S. The third-order valence-corrected chi connectivity index (χ3v) is 9.13. The quantitative estimate of drug-likeness (QED) is 0.192. The van der Waals surface area contributed by atoms with E-state index in [4.69, 9.17) is 37.8 Å². The molecule has 0 saturated heterocycles. The largest absolute Gasteiger partial charge is 0.494 e. The monoisotopic (exact) mass is 619 g/mol. The Morgan fingerprint density at radius 1 is 1.07 bits per heavy atom. The molecule has 3 N–H and O–H groups in total. The second kappa shape index (κ2) is 13.7. The van der Waals surface area contributed by atoms with Crippen LogP contribution in [0.3, 0.4) is 0 Å². The number of halogens is 2. The van der Waals surface area contributed by atoms with Crippen molar-refractivity contribution >= 4 is 44.8 Å². The fourth-order valence-corrected chi connectivity index (χ4v) is 5.98. The Labute approximate surface area is 249 Å². The van der Waals surface area contributed by atoms with Gasteiger partial charge in [0.1, 0.15) is 11.9 Å². The topological polar surface area (TPSA) is 126 Å². The van der Waals surface area contributed by atoms with E-state index in [1.54, 1.807) is 67.6 Å². The van der Waals surface area contributed by atoms with Gasteiger partial charge in [-0.05, 0) is 67.4 Å². The van der Waals surface area contributed by atoms with Gasteiger partial charge in [0.05, 0.1) is 27.3 Å². The van der Waals surface area contributed by atoms with Gasteiger partial charge in [-0.3, -0.25) is 10.2 Å². The summed E-state index contributed by atoms with van der Waals surface area (Å²) in [5, 5.41) is 9.75. The number of sulfone groups is 1. The highest BCUT2D eigenvalue weighted by Crippen LogP contribution is 2.33. The summed E-state index contributed by atoms with van der Waals surface area (Å²) in [6.45, 7) is 2.34. The highest BCUT2D eigenvalue weighted by Gasteiger charge is 2.50. The zero-order chi connectivity index (χ0) is 29.5. The summed E-state index contributed by atoms with van der Waals surface area (Å²) in [6, 6.07) is 20.2. The molecule has 0 unspecified atom stereocenters. The molecular weight excluding hydrogens is 589 g/mol. The normalized spacial score (nSPS) is 18.4. The van der Waals surface area contributed by atoms with Gasteiger partial charge < -0.3 is 14.6 Å². The van der Waals surface area contributed by atoms with Crippen molar-refractivity contribution in [2.24, 2.45) is 4.99 Å². The van der Waals surface area contributed by atoms with Crippen molar-refractivity contribution in [3.05, 3.63) is 94.0 Å². The summed E-state index contributed by atoms with van der Waals surface area (Å²) in [7, 11) is -3.70. The van der Waals surface area contributed by atoms with E-state index in [0.29, 0.717) is 34.4 Å². The van der Waals surface area contributed by atoms with Crippen LogP contribution < -0.4 is 15.6 Å². The predicted octanol–water partition coefficient (Wildman–Crippen LogP) is 4.34. The van der Waals surface area contributed by atoms with Crippen molar-refractivity contribution in [3.63, 3.8) is 0 Å². The average Bonchev–Trinajstić information content (AvgIpc) is 3.32. The van der Waals surface area contributed by atoms with Gasteiger partial charge in [0.25, 0.3) is 5.91 Å². The van der Waals surface area contributed by atoms with Gasteiger partial charge in [-0.25, -0.2) is 18.8 Å². The van der Waals surface area contributed by atoms with Crippen LogP contribution in [0.15, 0.2) is 82.7 Å². The molecule has 9 nitrogen and oxygen atoms in total. The van der Waals surface area contributed by atoms with E-state index in [0.717, 1.165) is 5.56 Å². The smallest absolute Gasteiger partial charge is 0.266 e. The molecule has 1 heterocycles. The third-order valence-electron chi connectivity index (χ3n) is 6.66. The van der Waals surface area contributed by atoms with Crippen molar-refractivity contribution in [2.45, 2.75) is 42.8 Å². The summed E-state index contributed by atoms with van der Waals surface area (Å²) in [5.41, 5.74) is 5.41. The zero-order valence-electron chi connectivity index (χ0n) is 22.3. The lowest BCUT2D eigenvalue weighted by Gasteiger charge is -2.28. The Hall–Kier alpha value is -3.15. The third kappa shape index (κ3) is 7.58. The molecule has 1 aliphatic heterocycles. The number of hydrogen-bond acceptors (Lipinski definition) is 8. The number of hydrogen-bond donors (Lipinski definition) is 3. The second-order valence-electron chi connectivity index (χ2n) is 9.49. The standard InChI is InChI=1S/C29H31Cl2N3O6S/c1-20-29(14-17-41(37,38)24-6-3-2-4-7-24,28(36)34-32-19-21-8-13-25(30)26(31)18-21)33-27(40-20)22-9-11-23(12-10-22)39-16-5-15-35/h2-4,6-13,18,20,32,35H,5,14-17,19H2,1H3,(H,34,36)/t20-,29-/m0/s1. The number of amides is 1. The molecule has 12 heteroatoms. The number of nitrogens with zero attached hydrogens (tertiary/aromatic N) is 1. The molecule has 0 bridgehead atoms. The fourth-order valence-electron chi connectivity index (χ4n) is 4.27. The first-order valence-electron chi connectivity index (χ1n) is 13.0. The van der Waals surface area contributed by atoms with Gasteiger partial charge in [0, 0.05) is 25.1 Å². The van der Waals surface area contributed by atoms with Crippen LogP contribution in [0.2, 0.25) is 10.0 Å². The van der Waals surface area contributed by atoms with Crippen LogP contribution in [0.5, 0.6) is 5.75 Å². The van der Waals surface area contributed by atoms with Crippen LogP contribution in [-0.4, -0.2) is 55.9 Å². The Morgan fingerprint density at radius 2 is 1.80 bits per heavy atom. The van der Waals surface area contributed by atoms with Gasteiger partial charge in [-0.1, -0.05) is 47.5 Å². The molecule has 1 amide bonds. The van der Waals surface area contributed by atoms with Crippen molar-refractivity contribution in [2.75, 3.05) is 19.0 Å². The maximum absolute atomic E-state index is 13.7. The van der Waals surface area contributed by atoms with E-state index in [1.165, 1.54) is 12.1 Å². The minimum atomic E-state index is -3.70. The summed E-state index contributed by atoms with van der Waals surface area (Å²) >= 11 is 12.1. The highest BCUT2D eigenvalue weighted by atomic mass is 35.5. The number of ether oxygens (including phenoxy) is 2. The first-order valence-corrected chi connectivity index (χ1v) is 15.4. The molecule has 1 aliphatic rings.